The Bertz CT molecular complexity index is 1310. The molecule has 0 aliphatic carbocycles. The first-order valence-corrected chi connectivity index (χ1v) is 11.1. The Morgan fingerprint density at radius 3 is 2.28 bits per heavy atom. The predicted molar refractivity (Wildman–Crippen MR) is 125 cm³/mol. The number of halogens is 4. The normalized spacial score (nSPS) is 17.5. The number of carbonyl (C=O) groups is 2. The molecule has 36 heavy (non-hydrogen) atoms. The molecule has 9 heteroatoms. The van der Waals surface area contributed by atoms with Crippen molar-refractivity contribution in [2.45, 2.75) is 25.6 Å². The highest BCUT2D eigenvalue weighted by Crippen LogP contribution is 2.43. The van der Waals surface area contributed by atoms with Crippen molar-refractivity contribution in [3.63, 3.8) is 0 Å². The smallest absolute Gasteiger partial charge is 0.416 e. The van der Waals surface area contributed by atoms with Gasteiger partial charge in [-0.15, -0.1) is 0 Å². The average Bonchev–Trinajstić information content (AvgIpc) is 3.12. The van der Waals surface area contributed by atoms with E-state index in [1.165, 1.54) is 24.3 Å². The molecule has 1 atom stereocenters. The second-order valence-electron chi connectivity index (χ2n) is 8.14. The highest BCUT2D eigenvalue weighted by molar-refractivity contribution is 6.51. The van der Waals surface area contributed by atoms with Gasteiger partial charge in [-0.05, 0) is 60.5 Å². The molecule has 186 valence electrons. The van der Waals surface area contributed by atoms with Gasteiger partial charge in [0.25, 0.3) is 11.7 Å². The number of amides is 1. The minimum Gasteiger partial charge on any atom is -0.507 e. The number of benzene rings is 3. The Labute approximate surface area is 204 Å². The minimum atomic E-state index is -4.59. The zero-order chi connectivity index (χ0) is 26.0. The van der Waals surface area contributed by atoms with Crippen molar-refractivity contribution in [3.05, 3.63) is 101 Å². The molecule has 1 aliphatic heterocycles. The van der Waals surface area contributed by atoms with Gasteiger partial charge in [0.15, 0.2) is 0 Å². The first-order valence-electron chi connectivity index (χ1n) is 11.1. The molecule has 0 saturated carbocycles. The predicted octanol–water partition coefficient (Wildman–Crippen LogP) is 6.26. The van der Waals surface area contributed by atoms with E-state index in [0.29, 0.717) is 12.4 Å². The molecule has 1 amide bonds. The zero-order valence-electron chi connectivity index (χ0n) is 19.1. The average molecular weight is 499 g/mol. The summed E-state index contributed by atoms with van der Waals surface area (Å²) in [7, 11) is 0. The van der Waals surface area contributed by atoms with E-state index < -0.39 is 41.0 Å². The Balaban J connectivity index is 1.86. The number of alkyl halides is 3. The lowest BCUT2D eigenvalue weighted by Gasteiger charge is -2.25. The van der Waals surface area contributed by atoms with Crippen LogP contribution in [0.5, 0.6) is 5.75 Å². The summed E-state index contributed by atoms with van der Waals surface area (Å²) in [4.78, 5) is 27.2. The van der Waals surface area contributed by atoms with Gasteiger partial charge < -0.3 is 9.84 Å². The van der Waals surface area contributed by atoms with Crippen LogP contribution in [0.15, 0.2) is 78.4 Å². The van der Waals surface area contributed by atoms with E-state index in [1.807, 2.05) is 6.92 Å². The van der Waals surface area contributed by atoms with Gasteiger partial charge in [-0.3, -0.25) is 14.5 Å². The van der Waals surface area contributed by atoms with Crippen molar-refractivity contribution in [2.24, 2.45) is 0 Å². The summed E-state index contributed by atoms with van der Waals surface area (Å²) in [6, 6.07) is 13.8. The lowest BCUT2D eigenvalue weighted by atomic mass is 9.95. The van der Waals surface area contributed by atoms with Crippen molar-refractivity contribution in [3.8, 4) is 5.75 Å². The maximum absolute atomic E-state index is 13.6. The fourth-order valence-electron chi connectivity index (χ4n) is 3.98. The van der Waals surface area contributed by atoms with Crippen molar-refractivity contribution >= 4 is 23.1 Å². The van der Waals surface area contributed by atoms with Crippen LogP contribution in [0.2, 0.25) is 0 Å². The van der Waals surface area contributed by atoms with Crippen LogP contribution in [0.4, 0.5) is 23.2 Å². The molecule has 3 aromatic carbocycles. The molecule has 0 aromatic heterocycles. The molecule has 1 unspecified atom stereocenters. The number of rotatable bonds is 6. The van der Waals surface area contributed by atoms with Crippen molar-refractivity contribution in [1.82, 2.24) is 0 Å². The Morgan fingerprint density at radius 1 is 1.00 bits per heavy atom. The summed E-state index contributed by atoms with van der Waals surface area (Å²) in [6.45, 7) is 2.35. The van der Waals surface area contributed by atoms with Crippen molar-refractivity contribution in [1.29, 1.82) is 0 Å². The number of aliphatic hydroxyl groups is 1. The molecule has 1 fully saturated rings. The fraction of sp³-hybridized carbons (Fsp3) is 0.185. The molecule has 1 aliphatic rings. The van der Waals surface area contributed by atoms with Crippen LogP contribution >= 0.6 is 0 Å². The molecular formula is C27H21F4NO4. The van der Waals surface area contributed by atoms with Gasteiger partial charge in [-0.25, -0.2) is 4.39 Å². The number of aliphatic hydroxyl groups excluding tert-OH is 1. The Hall–Kier alpha value is -4.14. The van der Waals surface area contributed by atoms with Crippen LogP contribution in [0, 0.1) is 5.82 Å². The van der Waals surface area contributed by atoms with Crippen LogP contribution in [0.25, 0.3) is 5.76 Å². The number of nitrogens with zero attached hydrogens (tertiary/aromatic N) is 1. The van der Waals surface area contributed by atoms with E-state index >= 15 is 0 Å². The van der Waals surface area contributed by atoms with E-state index in [9.17, 15) is 32.3 Å². The number of carbonyl (C=O) groups excluding carboxylic acids is 2. The maximum Gasteiger partial charge on any atom is 0.416 e. The van der Waals surface area contributed by atoms with Crippen LogP contribution in [-0.4, -0.2) is 23.4 Å². The summed E-state index contributed by atoms with van der Waals surface area (Å²) in [5, 5.41) is 11.2. The Morgan fingerprint density at radius 2 is 1.67 bits per heavy atom. The molecule has 1 saturated heterocycles. The quantitative estimate of drug-likeness (QED) is 0.188. The number of anilines is 1. The van der Waals surface area contributed by atoms with Crippen LogP contribution in [0.1, 0.15) is 36.1 Å². The lowest BCUT2D eigenvalue weighted by molar-refractivity contribution is -0.137. The first-order chi connectivity index (χ1) is 17.1. The number of Topliss-reactive ketones (excluding diaryl/α,β-unsaturated/α-hetero) is 1. The number of hydrogen-bond donors (Lipinski definition) is 1. The van der Waals surface area contributed by atoms with Gasteiger partial charge in [-0.2, -0.15) is 13.2 Å². The molecular weight excluding hydrogens is 478 g/mol. The molecule has 0 spiro atoms. The van der Waals surface area contributed by atoms with E-state index in [4.69, 9.17) is 4.74 Å². The van der Waals surface area contributed by atoms with Crippen molar-refractivity contribution < 1.29 is 37.0 Å². The topological polar surface area (TPSA) is 66.8 Å². The van der Waals surface area contributed by atoms with Crippen LogP contribution in [-0.2, 0) is 15.8 Å². The van der Waals surface area contributed by atoms with Gasteiger partial charge in [0.1, 0.15) is 17.3 Å². The Kier molecular flexibility index (Phi) is 6.83. The van der Waals surface area contributed by atoms with E-state index in [2.05, 4.69) is 0 Å². The molecule has 0 bridgehead atoms. The SMILES string of the molecule is CCCOc1cccc(/C(O)=C2\C(=O)C(=O)N(c3ccc(C(F)(F)F)cc3)C2c2ccc(F)cc2)c1. The van der Waals surface area contributed by atoms with Gasteiger partial charge in [0.2, 0.25) is 0 Å². The standard InChI is InChI=1S/C27H21F4NO4/c1-2-14-36-21-5-3-4-17(15-21)24(33)22-23(16-6-10-19(28)11-7-16)32(26(35)25(22)34)20-12-8-18(9-13-20)27(29,30)31/h3-13,15,23,33H,2,14H2,1H3/b24-22+. The van der Waals surface area contributed by atoms with Gasteiger partial charge >= 0.3 is 6.18 Å². The van der Waals surface area contributed by atoms with Gasteiger partial charge in [0.05, 0.1) is 23.8 Å². The third kappa shape index (κ3) is 4.82. The number of ether oxygens (including phenoxy) is 1. The molecule has 5 nitrogen and oxygen atoms in total. The summed E-state index contributed by atoms with van der Waals surface area (Å²) < 4.78 is 58.4. The summed E-state index contributed by atoms with van der Waals surface area (Å²) in [5.74, 6) is -2.67. The van der Waals surface area contributed by atoms with Crippen LogP contribution in [0.3, 0.4) is 0 Å². The molecule has 0 radical (unpaired) electrons. The fourth-order valence-corrected chi connectivity index (χ4v) is 3.98. The minimum absolute atomic E-state index is 0.0125. The van der Waals surface area contributed by atoms with Gasteiger partial charge in [0, 0.05) is 11.3 Å². The van der Waals surface area contributed by atoms with E-state index in [-0.39, 0.29) is 22.4 Å². The highest BCUT2D eigenvalue weighted by atomic mass is 19.4. The maximum atomic E-state index is 13.6. The third-order valence-electron chi connectivity index (χ3n) is 5.68. The molecule has 4 rings (SSSR count). The summed E-state index contributed by atoms with van der Waals surface area (Å²) >= 11 is 0. The first kappa shape index (κ1) is 25.0. The lowest BCUT2D eigenvalue weighted by Crippen LogP contribution is -2.29. The van der Waals surface area contributed by atoms with Crippen LogP contribution < -0.4 is 9.64 Å². The molecule has 1 heterocycles. The number of ketones is 1. The second kappa shape index (κ2) is 9.85. The summed E-state index contributed by atoms with van der Waals surface area (Å²) in [5.41, 5.74) is -0.695. The largest absolute Gasteiger partial charge is 0.507 e. The third-order valence-corrected chi connectivity index (χ3v) is 5.68. The van der Waals surface area contributed by atoms with E-state index in [1.54, 1.807) is 12.1 Å². The monoisotopic (exact) mass is 499 g/mol. The second-order valence-corrected chi connectivity index (χ2v) is 8.14. The molecule has 3 aromatic rings. The zero-order valence-corrected chi connectivity index (χ0v) is 19.1. The van der Waals surface area contributed by atoms with E-state index in [0.717, 1.165) is 47.7 Å². The van der Waals surface area contributed by atoms with Gasteiger partial charge in [-0.1, -0.05) is 31.2 Å². The summed E-state index contributed by atoms with van der Waals surface area (Å²) in [6.07, 6.45) is -3.84. The molecule has 1 N–H and O–H groups in total. The van der Waals surface area contributed by atoms with Crippen molar-refractivity contribution in [2.75, 3.05) is 11.5 Å². The number of hydrogen-bond acceptors (Lipinski definition) is 4. The highest BCUT2D eigenvalue weighted by Gasteiger charge is 2.47.